The lowest BCUT2D eigenvalue weighted by atomic mass is 9.72. The lowest BCUT2D eigenvalue weighted by Gasteiger charge is -2.47. The number of fused-ring (bicyclic) bond motifs is 3. The van der Waals surface area contributed by atoms with Crippen LogP contribution < -0.4 is 4.74 Å². The molecule has 3 aliphatic heterocycles. The molecular weight excluding hydrogens is 444 g/mol. The lowest BCUT2D eigenvalue weighted by Crippen LogP contribution is -2.61. The van der Waals surface area contributed by atoms with Crippen LogP contribution in [0.2, 0.25) is 0 Å². The predicted octanol–water partition coefficient (Wildman–Crippen LogP) is -2.04. The van der Waals surface area contributed by atoms with Crippen LogP contribution in [-0.2, 0) is 19.1 Å². The Bertz CT molecular complexity index is 1070. The first-order chi connectivity index (χ1) is 15.5. The highest BCUT2D eigenvalue weighted by Gasteiger charge is 2.63. The van der Waals surface area contributed by atoms with Crippen LogP contribution in [0.1, 0.15) is 30.1 Å². The third-order valence-electron chi connectivity index (χ3n) is 6.74. The van der Waals surface area contributed by atoms with Crippen molar-refractivity contribution in [3.05, 3.63) is 29.3 Å². The van der Waals surface area contributed by atoms with Gasteiger partial charge in [0, 0.05) is 17.6 Å². The third kappa shape index (κ3) is 3.03. The zero-order valence-electron chi connectivity index (χ0n) is 17.0. The summed E-state index contributed by atoms with van der Waals surface area (Å²) in [6.45, 7) is -0.688. The average molecular weight is 466 g/mol. The fourth-order valence-electron chi connectivity index (χ4n) is 5.12. The molecule has 2 saturated heterocycles. The monoisotopic (exact) mass is 466 g/mol. The van der Waals surface area contributed by atoms with Crippen molar-refractivity contribution in [2.24, 2.45) is 0 Å². The number of hydrogen-bond acceptors (Lipinski definition) is 11. The molecule has 0 radical (unpaired) electrons. The van der Waals surface area contributed by atoms with Gasteiger partial charge in [0.2, 0.25) is 11.6 Å². The van der Waals surface area contributed by atoms with Crippen molar-refractivity contribution in [2.45, 2.75) is 60.9 Å². The molecule has 4 aliphatic rings. The summed E-state index contributed by atoms with van der Waals surface area (Å²) in [7, 11) is 0. The van der Waals surface area contributed by atoms with Crippen LogP contribution in [0.4, 0.5) is 0 Å². The van der Waals surface area contributed by atoms with Gasteiger partial charge in [-0.15, -0.1) is 0 Å². The Morgan fingerprint density at radius 3 is 2.55 bits per heavy atom. The predicted molar refractivity (Wildman–Crippen MR) is 104 cm³/mol. The molecule has 3 heterocycles. The molecule has 2 fully saturated rings. The van der Waals surface area contributed by atoms with Gasteiger partial charge in [-0.1, -0.05) is 0 Å². The summed E-state index contributed by atoms with van der Waals surface area (Å²) in [5, 5.41) is 71.1. The number of aliphatic carboxylic acids is 1. The van der Waals surface area contributed by atoms with Crippen LogP contribution in [0.15, 0.2) is 18.2 Å². The van der Waals surface area contributed by atoms with Crippen molar-refractivity contribution in [3.8, 4) is 11.5 Å². The van der Waals surface area contributed by atoms with Gasteiger partial charge in [-0.05, 0) is 18.2 Å². The zero-order valence-corrected chi connectivity index (χ0v) is 17.0. The van der Waals surface area contributed by atoms with Gasteiger partial charge in [-0.25, -0.2) is 4.79 Å². The van der Waals surface area contributed by atoms with Crippen LogP contribution in [0.5, 0.6) is 11.5 Å². The van der Waals surface area contributed by atoms with Gasteiger partial charge in [0.25, 0.3) is 0 Å². The van der Waals surface area contributed by atoms with Gasteiger partial charge >= 0.3 is 5.97 Å². The van der Waals surface area contributed by atoms with Crippen molar-refractivity contribution in [2.75, 3.05) is 6.61 Å². The number of phenols is 1. The number of aromatic hydroxyl groups is 1. The van der Waals surface area contributed by atoms with Crippen LogP contribution in [0, 0.1) is 0 Å². The minimum absolute atomic E-state index is 0.0475. The van der Waals surface area contributed by atoms with Gasteiger partial charge in [-0.3, -0.25) is 4.79 Å². The van der Waals surface area contributed by atoms with Gasteiger partial charge in [0.05, 0.1) is 18.6 Å². The van der Waals surface area contributed by atoms with E-state index < -0.39 is 78.5 Å². The first-order valence-electron chi connectivity index (χ1n) is 10.3. The number of ether oxygens (including phenoxy) is 3. The first-order valence-corrected chi connectivity index (χ1v) is 10.3. The van der Waals surface area contributed by atoms with E-state index >= 15 is 0 Å². The molecule has 0 amide bonds. The molecule has 0 unspecified atom stereocenters. The summed E-state index contributed by atoms with van der Waals surface area (Å²) in [5.41, 5.74) is -1.04. The van der Waals surface area contributed by atoms with E-state index in [-0.39, 0.29) is 23.3 Å². The van der Waals surface area contributed by atoms with E-state index in [9.17, 15) is 45.3 Å². The van der Waals surface area contributed by atoms with Gasteiger partial charge < -0.3 is 50.0 Å². The Kier molecular flexibility index (Phi) is 4.85. The highest BCUT2D eigenvalue weighted by Crippen LogP contribution is 2.58. The molecule has 1 spiro atoms. The van der Waals surface area contributed by atoms with E-state index in [1.807, 2.05) is 0 Å². The van der Waals surface area contributed by atoms with E-state index in [4.69, 9.17) is 14.2 Å². The molecule has 5 rings (SSSR count). The number of aliphatic hydroxyl groups excluding tert-OH is 4. The van der Waals surface area contributed by atoms with Crippen LogP contribution in [0.3, 0.4) is 0 Å². The number of ketones is 1. The number of hydrogen-bond donors (Lipinski definition) is 7. The third-order valence-corrected chi connectivity index (χ3v) is 6.74. The van der Waals surface area contributed by atoms with E-state index in [0.717, 1.165) is 6.08 Å². The fourth-order valence-corrected chi connectivity index (χ4v) is 5.12. The quantitative estimate of drug-likeness (QED) is 0.257. The molecular formula is C21H22O12. The highest BCUT2D eigenvalue weighted by atomic mass is 16.7. The normalized spacial score (nSPS) is 41.6. The Hall–Kier alpha value is -2.58. The van der Waals surface area contributed by atoms with Crippen molar-refractivity contribution < 1.29 is 59.5 Å². The average Bonchev–Trinajstić information content (AvgIpc) is 3.04. The van der Waals surface area contributed by atoms with Crippen molar-refractivity contribution >= 4 is 17.3 Å². The van der Waals surface area contributed by atoms with Crippen LogP contribution >= 0.6 is 0 Å². The minimum atomic E-state index is -2.42. The van der Waals surface area contributed by atoms with Crippen LogP contribution in [0.25, 0.3) is 5.57 Å². The maximum atomic E-state index is 12.6. The smallest absolute Gasteiger partial charge is 0.333 e. The second-order valence-electron chi connectivity index (χ2n) is 8.75. The van der Waals surface area contributed by atoms with Crippen molar-refractivity contribution in [3.63, 3.8) is 0 Å². The number of aliphatic hydroxyl groups is 5. The number of carbonyl (C=O) groups excluding carboxylic acids is 1. The molecule has 33 heavy (non-hydrogen) atoms. The fraction of sp³-hybridized carbons (Fsp3) is 0.524. The lowest BCUT2D eigenvalue weighted by molar-refractivity contribution is -0.263. The van der Waals surface area contributed by atoms with Crippen molar-refractivity contribution in [1.82, 2.24) is 0 Å². The summed E-state index contributed by atoms with van der Waals surface area (Å²) in [5.74, 6) is -5.14. The Labute approximate surface area is 185 Å². The van der Waals surface area contributed by atoms with Gasteiger partial charge in [0.1, 0.15) is 47.6 Å². The number of rotatable bonds is 3. The number of carboxylic acid groups (broad SMARTS) is 1. The highest BCUT2D eigenvalue weighted by molar-refractivity contribution is 6.07. The molecule has 0 aromatic heterocycles. The minimum Gasteiger partial charge on any atom is -0.507 e. The Balaban J connectivity index is 1.64. The number of benzene rings is 1. The van der Waals surface area contributed by atoms with Crippen LogP contribution in [-0.4, -0.2) is 96.0 Å². The topological polar surface area (TPSA) is 203 Å². The molecule has 1 aromatic rings. The van der Waals surface area contributed by atoms with E-state index in [1.54, 1.807) is 0 Å². The Morgan fingerprint density at radius 2 is 1.88 bits per heavy atom. The zero-order chi connectivity index (χ0) is 23.9. The molecule has 7 N–H and O–H groups in total. The maximum absolute atomic E-state index is 12.6. The molecule has 0 saturated carbocycles. The Morgan fingerprint density at radius 1 is 1.15 bits per heavy atom. The summed E-state index contributed by atoms with van der Waals surface area (Å²) in [6, 6.07) is 2.68. The number of carbonyl (C=O) groups is 2. The SMILES string of the molecule is O=C(O)[C@H]1C[C@@]23C[C@@](O)(O1)C(=O)C=C2c1ccc(O)c([C@@H]2O[C@H](CO)[C@@H](O)[C@H](O)[C@H]2O)c1O3. The molecule has 2 bridgehead atoms. The first kappa shape index (κ1) is 22.2. The maximum Gasteiger partial charge on any atom is 0.333 e. The summed E-state index contributed by atoms with van der Waals surface area (Å²) in [4.78, 5) is 24.3. The largest absolute Gasteiger partial charge is 0.507 e. The molecule has 8 atom stereocenters. The second kappa shape index (κ2) is 7.21. The van der Waals surface area contributed by atoms with Crippen molar-refractivity contribution in [1.29, 1.82) is 0 Å². The summed E-state index contributed by atoms with van der Waals surface area (Å²) < 4.78 is 16.8. The molecule has 1 aliphatic carbocycles. The van der Waals surface area contributed by atoms with E-state index in [1.165, 1.54) is 12.1 Å². The molecule has 12 heteroatoms. The molecule has 178 valence electrons. The van der Waals surface area contributed by atoms with Gasteiger partial charge in [-0.2, -0.15) is 0 Å². The molecule has 12 nitrogen and oxygen atoms in total. The second-order valence-corrected chi connectivity index (χ2v) is 8.75. The number of phenolic OH excluding ortho intramolecular Hbond substituents is 1. The number of carboxylic acids is 1. The summed E-state index contributed by atoms with van der Waals surface area (Å²) >= 11 is 0. The molecule has 1 aromatic carbocycles. The van der Waals surface area contributed by atoms with E-state index in [0.29, 0.717) is 5.56 Å². The van der Waals surface area contributed by atoms with E-state index in [2.05, 4.69) is 0 Å². The standard InChI is InChI=1S/C21H22O12/c22-5-11-14(25)15(26)16(27)18(31-11)13-9(23)2-1-7-8-3-12(24)21(30)6-20(8,33-17(7)13)4-10(32-21)19(28)29/h1-3,10-11,14-16,18,22-23,25-27,30H,4-6H2,(H,28,29)/t10-,11-,14-,15+,16-,18+,20-,21-/m1/s1. The van der Waals surface area contributed by atoms with Gasteiger partial charge in [0.15, 0.2) is 6.10 Å². The summed E-state index contributed by atoms with van der Waals surface area (Å²) in [6.07, 6.45) is -8.89.